The number of ether oxygens (including phenoxy) is 1. The Labute approximate surface area is 106 Å². The summed E-state index contributed by atoms with van der Waals surface area (Å²) in [6.07, 6.45) is -0.403. The predicted octanol–water partition coefficient (Wildman–Crippen LogP) is 2.53. The molecular formula is C11H8ClF2NO3. The van der Waals surface area contributed by atoms with Crippen LogP contribution in [0.4, 0.5) is 8.78 Å². The molecule has 0 aliphatic rings. The molecule has 0 spiro atoms. The van der Waals surface area contributed by atoms with E-state index in [0.717, 1.165) is 6.07 Å². The minimum Gasteiger partial charge on any atom is -0.481 e. The zero-order chi connectivity index (χ0) is 13.7. The molecule has 0 aliphatic heterocycles. The summed E-state index contributed by atoms with van der Waals surface area (Å²) in [5, 5.41) is 17.6. The minimum atomic E-state index is -3.02. The number of halogens is 3. The van der Waals surface area contributed by atoms with Crippen LogP contribution in [0.3, 0.4) is 0 Å². The van der Waals surface area contributed by atoms with Crippen LogP contribution in [0, 0.1) is 11.3 Å². The van der Waals surface area contributed by atoms with E-state index in [-0.39, 0.29) is 28.3 Å². The average Bonchev–Trinajstić information content (AvgIpc) is 2.29. The van der Waals surface area contributed by atoms with Crippen LogP contribution >= 0.6 is 11.6 Å². The number of hydrogen-bond acceptors (Lipinski definition) is 3. The third-order valence-corrected chi connectivity index (χ3v) is 2.42. The van der Waals surface area contributed by atoms with Crippen LogP contribution in [0.25, 0.3) is 0 Å². The van der Waals surface area contributed by atoms with Crippen LogP contribution in [0.2, 0.25) is 0 Å². The summed E-state index contributed by atoms with van der Waals surface area (Å²) in [5.41, 5.74) is 0.460. The second-order valence-corrected chi connectivity index (χ2v) is 3.57. The number of nitrogens with zero attached hydrogens (tertiary/aromatic N) is 1. The van der Waals surface area contributed by atoms with Gasteiger partial charge in [-0.05, 0) is 23.3 Å². The van der Waals surface area contributed by atoms with Crippen LogP contribution in [-0.4, -0.2) is 17.7 Å². The Kier molecular flexibility index (Phi) is 4.86. The summed E-state index contributed by atoms with van der Waals surface area (Å²) in [5.74, 6) is -1.45. The maximum absolute atomic E-state index is 12.1. The van der Waals surface area contributed by atoms with Crippen LogP contribution in [0.5, 0.6) is 5.75 Å². The van der Waals surface area contributed by atoms with Crippen LogP contribution < -0.4 is 4.74 Å². The summed E-state index contributed by atoms with van der Waals surface area (Å²) in [6, 6.07) is 4.02. The van der Waals surface area contributed by atoms with E-state index in [1.165, 1.54) is 6.07 Å². The molecule has 96 valence electrons. The summed E-state index contributed by atoms with van der Waals surface area (Å²) >= 11 is 5.61. The molecule has 1 N–H and O–H groups in total. The molecule has 7 heteroatoms. The van der Waals surface area contributed by atoms with Crippen molar-refractivity contribution in [2.24, 2.45) is 0 Å². The highest BCUT2D eigenvalue weighted by Gasteiger charge is 2.15. The minimum absolute atomic E-state index is 0.0359. The standard InChI is InChI=1S/C11H8ClF2NO3/c12-4-6-1-8(18-11(13)14)2-7(5-15)9(6)3-10(16)17/h1-2,11H,3-4H2,(H,16,17). The molecule has 4 nitrogen and oxygen atoms in total. The smallest absolute Gasteiger partial charge is 0.387 e. The fourth-order valence-corrected chi connectivity index (χ4v) is 1.69. The zero-order valence-electron chi connectivity index (χ0n) is 8.99. The van der Waals surface area contributed by atoms with Crippen molar-refractivity contribution in [1.29, 1.82) is 5.26 Å². The van der Waals surface area contributed by atoms with E-state index in [4.69, 9.17) is 22.0 Å². The van der Waals surface area contributed by atoms with E-state index in [0.29, 0.717) is 0 Å². The van der Waals surface area contributed by atoms with Crippen molar-refractivity contribution in [2.75, 3.05) is 0 Å². The van der Waals surface area contributed by atoms with E-state index in [9.17, 15) is 13.6 Å². The Balaban J connectivity index is 3.26. The lowest BCUT2D eigenvalue weighted by Gasteiger charge is -2.11. The molecule has 0 radical (unpaired) electrons. The number of nitriles is 1. The topological polar surface area (TPSA) is 70.3 Å². The molecule has 0 aliphatic carbocycles. The van der Waals surface area contributed by atoms with Crippen molar-refractivity contribution in [1.82, 2.24) is 0 Å². The third kappa shape index (κ3) is 3.57. The lowest BCUT2D eigenvalue weighted by atomic mass is 9.99. The Hall–Kier alpha value is -1.87. The quantitative estimate of drug-likeness (QED) is 0.838. The molecule has 0 heterocycles. The second-order valence-electron chi connectivity index (χ2n) is 3.30. The summed E-state index contributed by atoms with van der Waals surface area (Å²) in [6.45, 7) is -3.02. The zero-order valence-corrected chi connectivity index (χ0v) is 9.75. The Morgan fingerprint density at radius 1 is 1.56 bits per heavy atom. The summed E-state index contributed by atoms with van der Waals surface area (Å²) in [4.78, 5) is 10.7. The van der Waals surface area contributed by atoms with Crippen LogP contribution in [-0.2, 0) is 17.1 Å². The van der Waals surface area contributed by atoms with E-state index < -0.39 is 19.0 Å². The molecule has 0 aromatic heterocycles. The lowest BCUT2D eigenvalue weighted by Crippen LogP contribution is -2.08. The number of aliphatic carboxylic acids is 1. The molecule has 1 rings (SSSR count). The molecule has 0 amide bonds. The van der Waals surface area contributed by atoms with Gasteiger partial charge in [0, 0.05) is 5.88 Å². The van der Waals surface area contributed by atoms with Crippen molar-refractivity contribution < 1.29 is 23.4 Å². The fraction of sp³-hybridized carbons (Fsp3) is 0.273. The highest BCUT2D eigenvalue weighted by Crippen LogP contribution is 2.25. The number of alkyl halides is 3. The number of carboxylic acid groups (broad SMARTS) is 1. The van der Waals surface area contributed by atoms with Gasteiger partial charge in [-0.15, -0.1) is 11.6 Å². The van der Waals surface area contributed by atoms with Gasteiger partial charge in [0.25, 0.3) is 0 Å². The van der Waals surface area contributed by atoms with Gasteiger partial charge in [-0.1, -0.05) is 0 Å². The molecule has 0 unspecified atom stereocenters. The van der Waals surface area contributed by atoms with Gasteiger partial charge < -0.3 is 9.84 Å². The van der Waals surface area contributed by atoms with Crippen LogP contribution in [0.1, 0.15) is 16.7 Å². The van der Waals surface area contributed by atoms with Crippen molar-refractivity contribution in [2.45, 2.75) is 18.9 Å². The second kappa shape index (κ2) is 6.17. The SMILES string of the molecule is N#Cc1cc(OC(F)F)cc(CCl)c1CC(=O)O. The van der Waals surface area contributed by atoms with Gasteiger partial charge in [-0.2, -0.15) is 14.0 Å². The molecule has 1 aromatic rings. The van der Waals surface area contributed by atoms with Crippen molar-refractivity contribution in [3.05, 3.63) is 28.8 Å². The normalized spacial score (nSPS) is 10.2. The summed E-state index contributed by atoms with van der Waals surface area (Å²) < 4.78 is 28.3. The molecule has 1 aromatic carbocycles. The highest BCUT2D eigenvalue weighted by atomic mass is 35.5. The predicted molar refractivity (Wildman–Crippen MR) is 58.7 cm³/mol. The van der Waals surface area contributed by atoms with Crippen LogP contribution in [0.15, 0.2) is 12.1 Å². The van der Waals surface area contributed by atoms with E-state index in [2.05, 4.69) is 4.74 Å². The first-order valence-electron chi connectivity index (χ1n) is 4.76. The third-order valence-electron chi connectivity index (χ3n) is 2.13. The lowest BCUT2D eigenvalue weighted by molar-refractivity contribution is -0.136. The number of rotatable bonds is 5. The molecular weight excluding hydrogens is 268 g/mol. The fourth-order valence-electron chi connectivity index (χ4n) is 1.45. The van der Waals surface area contributed by atoms with Gasteiger partial charge in [0.2, 0.25) is 0 Å². The largest absolute Gasteiger partial charge is 0.481 e. The van der Waals surface area contributed by atoms with Gasteiger partial charge in [0.05, 0.1) is 18.1 Å². The Bertz CT molecular complexity index is 500. The maximum Gasteiger partial charge on any atom is 0.387 e. The number of carbonyl (C=O) groups is 1. The first kappa shape index (κ1) is 14.2. The average molecular weight is 276 g/mol. The Morgan fingerprint density at radius 3 is 2.67 bits per heavy atom. The van der Waals surface area contributed by atoms with Gasteiger partial charge in [-0.25, -0.2) is 0 Å². The molecule has 0 fully saturated rings. The Morgan fingerprint density at radius 2 is 2.22 bits per heavy atom. The van der Waals surface area contributed by atoms with E-state index in [1.54, 1.807) is 6.07 Å². The van der Waals surface area contributed by atoms with Crippen molar-refractivity contribution in [3.8, 4) is 11.8 Å². The molecule has 0 saturated carbocycles. The first-order valence-corrected chi connectivity index (χ1v) is 5.29. The van der Waals surface area contributed by atoms with Gasteiger partial charge in [0.15, 0.2) is 0 Å². The van der Waals surface area contributed by atoms with E-state index >= 15 is 0 Å². The number of hydrogen-bond donors (Lipinski definition) is 1. The van der Waals surface area contributed by atoms with Gasteiger partial charge in [0.1, 0.15) is 5.75 Å². The van der Waals surface area contributed by atoms with Gasteiger partial charge >= 0.3 is 12.6 Å². The van der Waals surface area contributed by atoms with Crippen molar-refractivity contribution >= 4 is 17.6 Å². The van der Waals surface area contributed by atoms with E-state index in [1.807, 2.05) is 0 Å². The first-order chi connectivity index (χ1) is 8.47. The highest BCUT2D eigenvalue weighted by molar-refractivity contribution is 6.17. The maximum atomic E-state index is 12.1. The van der Waals surface area contributed by atoms with Gasteiger partial charge in [-0.3, -0.25) is 4.79 Å². The molecule has 18 heavy (non-hydrogen) atoms. The number of benzene rings is 1. The molecule has 0 atom stereocenters. The monoisotopic (exact) mass is 275 g/mol. The van der Waals surface area contributed by atoms with Crippen molar-refractivity contribution in [3.63, 3.8) is 0 Å². The number of carboxylic acids is 1. The molecule has 0 bridgehead atoms. The summed E-state index contributed by atoms with van der Waals surface area (Å²) in [7, 11) is 0. The molecule has 0 saturated heterocycles.